The lowest BCUT2D eigenvalue weighted by atomic mass is 9.87. The van der Waals surface area contributed by atoms with Gasteiger partial charge in [-0.05, 0) is 11.8 Å². The van der Waals surface area contributed by atoms with E-state index in [1.54, 1.807) is 7.11 Å². The van der Waals surface area contributed by atoms with E-state index in [4.69, 9.17) is 10.5 Å². The number of hydrogen-bond acceptors (Lipinski definition) is 3. The summed E-state index contributed by atoms with van der Waals surface area (Å²) in [5.74, 6) is -0.0944. The second-order valence-corrected chi connectivity index (χ2v) is 5.29. The van der Waals surface area contributed by atoms with Crippen molar-refractivity contribution in [2.45, 2.75) is 52.6 Å². The molecule has 0 aromatic heterocycles. The molecule has 0 aliphatic heterocycles. The minimum absolute atomic E-state index is 0.0656. The van der Waals surface area contributed by atoms with E-state index in [-0.39, 0.29) is 17.4 Å². The Hall–Kier alpha value is -0.610. The Labute approximate surface area is 98.9 Å². The summed E-state index contributed by atoms with van der Waals surface area (Å²) in [5, 5.41) is 2.94. The molecule has 2 unspecified atom stereocenters. The molecular formula is C12H26N2O2. The maximum absolute atomic E-state index is 11.9. The zero-order valence-electron chi connectivity index (χ0n) is 11.2. The van der Waals surface area contributed by atoms with Crippen molar-refractivity contribution < 1.29 is 9.53 Å². The molecule has 0 aromatic rings. The number of nitrogens with one attached hydrogen (secondary N) is 1. The minimum atomic E-state index is -0.483. The van der Waals surface area contributed by atoms with E-state index < -0.39 is 6.04 Å². The number of carbonyl (C=O) groups excluding carboxylic acids is 1. The molecule has 4 heteroatoms. The highest BCUT2D eigenvalue weighted by atomic mass is 16.5. The zero-order valence-corrected chi connectivity index (χ0v) is 11.2. The fourth-order valence-electron chi connectivity index (χ4n) is 1.43. The van der Waals surface area contributed by atoms with E-state index in [1.165, 1.54) is 0 Å². The Balaban J connectivity index is 4.28. The van der Waals surface area contributed by atoms with Crippen molar-refractivity contribution in [3.8, 4) is 0 Å². The van der Waals surface area contributed by atoms with Crippen LogP contribution in [0.1, 0.15) is 40.5 Å². The molecule has 0 radical (unpaired) electrons. The van der Waals surface area contributed by atoms with Gasteiger partial charge in [-0.2, -0.15) is 0 Å². The van der Waals surface area contributed by atoms with Gasteiger partial charge in [0, 0.05) is 7.11 Å². The number of methoxy groups -OCH3 is 1. The summed E-state index contributed by atoms with van der Waals surface area (Å²) in [4.78, 5) is 11.9. The molecule has 0 saturated carbocycles. The lowest BCUT2D eigenvalue weighted by Gasteiger charge is -2.28. The van der Waals surface area contributed by atoms with Gasteiger partial charge in [0.25, 0.3) is 0 Å². The summed E-state index contributed by atoms with van der Waals surface area (Å²) in [6.07, 6.45) is 1.93. The third-order valence-electron chi connectivity index (χ3n) is 2.57. The molecule has 1 amide bonds. The molecule has 16 heavy (non-hydrogen) atoms. The Morgan fingerprint density at radius 2 is 2.00 bits per heavy atom. The molecule has 96 valence electrons. The topological polar surface area (TPSA) is 64.3 Å². The Morgan fingerprint density at radius 3 is 2.38 bits per heavy atom. The van der Waals surface area contributed by atoms with Crippen molar-refractivity contribution in [3.63, 3.8) is 0 Å². The van der Waals surface area contributed by atoms with Gasteiger partial charge in [-0.1, -0.05) is 34.1 Å². The lowest BCUT2D eigenvalue weighted by molar-refractivity contribution is -0.125. The predicted octanol–water partition coefficient (Wildman–Crippen LogP) is 1.29. The largest absolute Gasteiger partial charge is 0.383 e. The highest BCUT2D eigenvalue weighted by Crippen LogP contribution is 2.17. The highest BCUT2D eigenvalue weighted by Gasteiger charge is 2.28. The number of ether oxygens (including phenoxy) is 1. The molecule has 4 nitrogen and oxygen atoms in total. The van der Waals surface area contributed by atoms with Gasteiger partial charge in [-0.15, -0.1) is 0 Å². The van der Waals surface area contributed by atoms with Crippen LogP contribution in [0.3, 0.4) is 0 Å². The molecule has 0 spiro atoms. The van der Waals surface area contributed by atoms with Crippen LogP contribution in [-0.2, 0) is 9.53 Å². The number of rotatable bonds is 6. The van der Waals surface area contributed by atoms with E-state index >= 15 is 0 Å². The molecule has 3 N–H and O–H groups in total. The third-order valence-corrected chi connectivity index (χ3v) is 2.57. The Morgan fingerprint density at radius 1 is 1.44 bits per heavy atom. The number of hydrogen-bond donors (Lipinski definition) is 2. The van der Waals surface area contributed by atoms with E-state index in [9.17, 15) is 4.79 Å². The van der Waals surface area contributed by atoms with Crippen molar-refractivity contribution in [2.75, 3.05) is 13.7 Å². The van der Waals surface area contributed by atoms with Crippen LogP contribution < -0.4 is 11.1 Å². The fourth-order valence-corrected chi connectivity index (χ4v) is 1.43. The van der Waals surface area contributed by atoms with Crippen LogP contribution in [0.15, 0.2) is 0 Å². The van der Waals surface area contributed by atoms with Gasteiger partial charge in [0.15, 0.2) is 0 Å². The number of amides is 1. The van der Waals surface area contributed by atoms with Crippen LogP contribution in [-0.4, -0.2) is 31.7 Å². The van der Waals surface area contributed by atoms with Crippen LogP contribution in [0, 0.1) is 5.41 Å². The zero-order chi connectivity index (χ0) is 12.8. The second kappa shape index (κ2) is 6.86. The summed E-state index contributed by atoms with van der Waals surface area (Å²) in [5.41, 5.74) is 5.67. The van der Waals surface area contributed by atoms with Gasteiger partial charge < -0.3 is 15.8 Å². The van der Waals surface area contributed by atoms with E-state index in [1.807, 2.05) is 20.8 Å². The van der Waals surface area contributed by atoms with Gasteiger partial charge in [0.2, 0.25) is 5.91 Å². The summed E-state index contributed by atoms with van der Waals surface area (Å²) in [6.45, 7) is 8.50. The van der Waals surface area contributed by atoms with E-state index in [2.05, 4.69) is 12.2 Å². The van der Waals surface area contributed by atoms with Gasteiger partial charge in [0.05, 0.1) is 18.7 Å². The summed E-state index contributed by atoms with van der Waals surface area (Å²) in [6, 6.07) is -0.417. The molecule has 0 aromatic carbocycles. The lowest BCUT2D eigenvalue weighted by Crippen LogP contribution is -2.52. The van der Waals surface area contributed by atoms with Crippen LogP contribution in [0.2, 0.25) is 0 Å². The first kappa shape index (κ1) is 15.4. The van der Waals surface area contributed by atoms with Crippen molar-refractivity contribution in [1.82, 2.24) is 5.32 Å². The van der Waals surface area contributed by atoms with Gasteiger partial charge in [-0.3, -0.25) is 4.79 Å². The fraction of sp³-hybridized carbons (Fsp3) is 0.917. The maximum Gasteiger partial charge on any atom is 0.237 e. The molecular weight excluding hydrogens is 204 g/mol. The summed E-state index contributed by atoms with van der Waals surface area (Å²) < 4.78 is 5.07. The first-order valence-corrected chi connectivity index (χ1v) is 5.87. The molecule has 0 rings (SSSR count). The monoisotopic (exact) mass is 230 g/mol. The molecule has 0 fully saturated rings. The smallest absolute Gasteiger partial charge is 0.237 e. The third kappa shape index (κ3) is 5.47. The van der Waals surface area contributed by atoms with Crippen molar-refractivity contribution >= 4 is 5.91 Å². The van der Waals surface area contributed by atoms with Crippen LogP contribution >= 0.6 is 0 Å². The summed E-state index contributed by atoms with van der Waals surface area (Å²) in [7, 11) is 1.64. The second-order valence-electron chi connectivity index (χ2n) is 5.29. The average Bonchev–Trinajstić information content (AvgIpc) is 2.15. The van der Waals surface area contributed by atoms with E-state index in [0.29, 0.717) is 6.61 Å². The van der Waals surface area contributed by atoms with E-state index in [0.717, 1.165) is 12.8 Å². The van der Waals surface area contributed by atoms with Gasteiger partial charge in [-0.25, -0.2) is 0 Å². The molecule has 0 heterocycles. The number of nitrogens with two attached hydrogens (primary N) is 1. The standard InChI is InChI=1S/C12H26N2O2/c1-6-7-9(8-16-5)14-11(15)10(13)12(2,3)4/h9-10H,6-8,13H2,1-5H3,(H,14,15). The van der Waals surface area contributed by atoms with Gasteiger partial charge >= 0.3 is 0 Å². The Bertz CT molecular complexity index is 206. The quantitative estimate of drug-likeness (QED) is 0.722. The SMILES string of the molecule is CCCC(COC)NC(=O)C(N)C(C)(C)C. The van der Waals surface area contributed by atoms with Crippen LogP contribution in [0.25, 0.3) is 0 Å². The van der Waals surface area contributed by atoms with Crippen LogP contribution in [0.4, 0.5) is 0 Å². The van der Waals surface area contributed by atoms with Gasteiger partial charge in [0.1, 0.15) is 0 Å². The minimum Gasteiger partial charge on any atom is -0.383 e. The molecule has 0 bridgehead atoms. The van der Waals surface area contributed by atoms with Crippen molar-refractivity contribution in [3.05, 3.63) is 0 Å². The normalized spacial score (nSPS) is 15.6. The molecule has 2 atom stereocenters. The first-order valence-electron chi connectivity index (χ1n) is 5.87. The molecule has 0 saturated heterocycles. The Kier molecular flexibility index (Phi) is 6.60. The van der Waals surface area contributed by atoms with Crippen molar-refractivity contribution in [1.29, 1.82) is 0 Å². The first-order chi connectivity index (χ1) is 7.32. The highest BCUT2D eigenvalue weighted by molar-refractivity contribution is 5.82. The molecule has 0 aliphatic rings. The molecule has 0 aliphatic carbocycles. The predicted molar refractivity (Wildman–Crippen MR) is 66.1 cm³/mol. The maximum atomic E-state index is 11.9. The summed E-state index contributed by atoms with van der Waals surface area (Å²) >= 11 is 0. The average molecular weight is 230 g/mol. The number of carbonyl (C=O) groups is 1. The van der Waals surface area contributed by atoms with Crippen molar-refractivity contribution in [2.24, 2.45) is 11.1 Å². The van der Waals surface area contributed by atoms with Crippen LogP contribution in [0.5, 0.6) is 0 Å².